The number of hydrogen-bond acceptors (Lipinski definition) is 5. The summed E-state index contributed by atoms with van der Waals surface area (Å²) in [6.45, 7) is 0.425. The van der Waals surface area contributed by atoms with E-state index in [4.69, 9.17) is 0 Å². The fourth-order valence-electron chi connectivity index (χ4n) is 2.13. The van der Waals surface area contributed by atoms with Gasteiger partial charge in [0.1, 0.15) is 11.3 Å². The normalized spacial score (nSPS) is 11.1. The maximum absolute atomic E-state index is 11.8. The minimum absolute atomic E-state index is 0.151. The highest BCUT2D eigenvalue weighted by Crippen LogP contribution is 2.10. The number of nitrogens with one attached hydrogen (secondary N) is 1. The van der Waals surface area contributed by atoms with Gasteiger partial charge in [0.2, 0.25) is 5.91 Å². The van der Waals surface area contributed by atoms with Crippen LogP contribution in [-0.2, 0) is 11.3 Å². The van der Waals surface area contributed by atoms with Crippen molar-refractivity contribution in [2.45, 2.75) is 13.0 Å². The van der Waals surface area contributed by atoms with Crippen LogP contribution in [0.15, 0.2) is 53.6 Å². The third-order valence-electron chi connectivity index (χ3n) is 3.24. The van der Waals surface area contributed by atoms with Gasteiger partial charge in [-0.3, -0.25) is 4.79 Å². The molecule has 0 aliphatic rings. The number of aromatic nitrogens is 3. The highest BCUT2D eigenvalue weighted by molar-refractivity contribution is 5.82. The number of amides is 1. The first kappa shape index (κ1) is 14.7. The molecule has 0 fully saturated rings. The molecule has 7 nitrogen and oxygen atoms in total. The average Bonchev–Trinajstić information content (AvgIpc) is 2.96. The van der Waals surface area contributed by atoms with Gasteiger partial charge in [-0.25, -0.2) is 10.1 Å². The molecule has 1 heterocycles. The van der Waals surface area contributed by atoms with Gasteiger partial charge in [0.25, 0.3) is 0 Å². The highest BCUT2D eigenvalue weighted by Gasteiger charge is 2.05. The number of benzene rings is 2. The Kier molecular flexibility index (Phi) is 4.28. The lowest BCUT2D eigenvalue weighted by atomic mass is 10.2. The number of phenolic OH excluding ortho intramolecular Hbond substituents is 1. The highest BCUT2D eigenvalue weighted by atomic mass is 16.3. The van der Waals surface area contributed by atoms with Crippen LogP contribution in [0.1, 0.15) is 12.0 Å². The van der Waals surface area contributed by atoms with Crippen LogP contribution in [-0.4, -0.2) is 32.2 Å². The Labute approximate surface area is 132 Å². The number of aromatic hydroxyl groups is 1. The zero-order valence-electron chi connectivity index (χ0n) is 12.3. The van der Waals surface area contributed by atoms with Gasteiger partial charge in [-0.1, -0.05) is 29.5 Å². The third kappa shape index (κ3) is 3.70. The predicted molar refractivity (Wildman–Crippen MR) is 86.0 cm³/mol. The molecule has 1 amide bonds. The quantitative estimate of drug-likeness (QED) is 0.554. The Balaban J connectivity index is 1.54. The third-order valence-corrected chi connectivity index (χ3v) is 3.24. The van der Waals surface area contributed by atoms with E-state index in [1.165, 1.54) is 6.21 Å². The summed E-state index contributed by atoms with van der Waals surface area (Å²) in [6, 6.07) is 14.2. The van der Waals surface area contributed by atoms with Crippen molar-refractivity contribution in [2.75, 3.05) is 0 Å². The molecule has 1 aromatic heterocycles. The van der Waals surface area contributed by atoms with Crippen molar-refractivity contribution in [1.29, 1.82) is 0 Å². The first-order valence-electron chi connectivity index (χ1n) is 7.11. The van der Waals surface area contributed by atoms with Crippen molar-refractivity contribution < 1.29 is 9.90 Å². The molecule has 0 aliphatic carbocycles. The van der Waals surface area contributed by atoms with E-state index in [0.717, 1.165) is 11.0 Å². The molecule has 0 bridgehead atoms. The number of rotatable bonds is 5. The molecule has 3 rings (SSSR count). The maximum atomic E-state index is 11.8. The van der Waals surface area contributed by atoms with Gasteiger partial charge in [-0.05, 0) is 29.8 Å². The number of carbonyl (C=O) groups is 1. The second-order valence-corrected chi connectivity index (χ2v) is 4.94. The molecule has 0 spiro atoms. The number of nitrogens with zero attached hydrogens (tertiary/aromatic N) is 4. The lowest BCUT2D eigenvalue weighted by Crippen LogP contribution is -2.19. The molecule has 2 aromatic carbocycles. The lowest BCUT2D eigenvalue weighted by Gasteiger charge is -2.01. The first-order valence-corrected chi connectivity index (χ1v) is 7.11. The molecule has 23 heavy (non-hydrogen) atoms. The lowest BCUT2D eigenvalue weighted by molar-refractivity contribution is -0.121. The van der Waals surface area contributed by atoms with Gasteiger partial charge in [-0.2, -0.15) is 5.10 Å². The molecule has 0 radical (unpaired) electrons. The summed E-state index contributed by atoms with van der Waals surface area (Å²) in [7, 11) is 0. The Morgan fingerprint density at radius 1 is 1.26 bits per heavy atom. The van der Waals surface area contributed by atoms with Crippen LogP contribution >= 0.6 is 0 Å². The smallest absolute Gasteiger partial charge is 0.241 e. The molecule has 3 aromatic rings. The first-order chi connectivity index (χ1) is 11.2. The second-order valence-electron chi connectivity index (χ2n) is 4.94. The van der Waals surface area contributed by atoms with Gasteiger partial charge in [0.15, 0.2) is 0 Å². The number of para-hydroxylation sites is 1. The Bertz CT molecular complexity index is 856. The SMILES string of the molecule is O=C(CCn1nnc2ccccc21)NN=Cc1cccc(O)c1. The molecule has 7 heteroatoms. The standard InChI is InChI=1S/C16H15N5O2/c22-13-5-3-4-12(10-13)11-17-19-16(23)8-9-21-15-7-2-1-6-14(15)18-20-21/h1-7,10-11,22H,8-9H2,(H,19,23). The summed E-state index contributed by atoms with van der Waals surface area (Å²) in [5.74, 6) is -0.0701. The van der Waals surface area contributed by atoms with E-state index in [1.807, 2.05) is 24.3 Å². The number of fused-ring (bicyclic) bond motifs is 1. The molecule has 2 N–H and O–H groups in total. The van der Waals surface area contributed by atoms with Crippen molar-refractivity contribution in [3.05, 3.63) is 54.1 Å². The van der Waals surface area contributed by atoms with Crippen LogP contribution in [0.2, 0.25) is 0 Å². The van der Waals surface area contributed by atoms with Crippen LogP contribution in [0.25, 0.3) is 11.0 Å². The van der Waals surface area contributed by atoms with Gasteiger partial charge in [-0.15, -0.1) is 5.10 Å². The Morgan fingerprint density at radius 3 is 3.00 bits per heavy atom. The maximum Gasteiger partial charge on any atom is 0.241 e. The monoisotopic (exact) mass is 309 g/mol. The fourth-order valence-corrected chi connectivity index (χ4v) is 2.13. The van der Waals surface area contributed by atoms with Gasteiger partial charge >= 0.3 is 0 Å². The molecule has 0 atom stereocenters. The zero-order valence-corrected chi connectivity index (χ0v) is 12.3. The molecular weight excluding hydrogens is 294 g/mol. The van der Waals surface area contributed by atoms with Crippen LogP contribution in [0.4, 0.5) is 0 Å². The van der Waals surface area contributed by atoms with Crippen LogP contribution in [0, 0.1) is 0 Å². The van der Waals surface area contributed by atoms with E-state index < -0.39 is 0 Å². The Morgan fingerprint density at radius 2 is 2.13 bits per heavy atom. The largest absolute Gasteiger partial charge is 0.508 e. The average molecular weight is 309 g/mol. The van der Waals surface area contributed by atoms with Gasteiger partial charge in [0, 0.05) is 6.42 Å². The molecule has 0 unspecified atom stereocenters. The van der Waals surface area contributed by atoms with Crippen LogP contribution < -0.4 is 5.43 Å². The summed E-state index contributed by atoms with van der Waals surface area (Å²) in [4.78, 5) is 11.8. The van der Waals surface area contributed by atoms with Crippen molar-refractivity contribution in [3.8, 4) is 5.75 Å². The van der Waals surface area contributed by atoms with Gasteiger partial charge < -0.3 is 5.11 Å². The van der Waals surface area contributed by atoms with E-state index >= 15 is 0 Å². The number of hydrogen-bond donors (Lipinski definition) is 2. The van der Waals surface area contributed by atoms with E-state index in [-0.39, 0.29) is 18.1 Å². The molecule has 116 valence electrons. The summed E-state index contributed by atoms with van der Waals surface area (Å²) >= 11 is 0. The molecule has 0 saturated carbocycles. The predicted octanol–water partition coefficient (Wildman–Crippen LogP) is 1.68. The fraction of sp³-hybridized carbons (Fsp3) is 0.125. The van der Waals surface area contributed by atoms with Crippen molar-refractivity contribution in [3.63, 3.8) is 0 Å². The topological polar surface area (TPSA) is 92.4 Å². The van der Waals surface area contributed by atoms with E-state index in [9.17, 15) is 9.90 Å². The summed E-state index contributed by atoms with van der Waals surface area (Å²) in [5, 5.41) is 21.3. The molecule has 0 saturated heterocycles. The summed E-state index contributed by atoms with van der Waals surface area (Å²) in [5.41, 5.74) is 4.84. The summed E-state index contributed by atoms with van der Waals surface area (Å²) < 4.78 is 1.69. The molecular formula is C16H15N5O2. The summed E-state index contributed by atoms with van der Waals surface area (Å²) in [6.07, 6.45) is 1.72. The van der Waals surface area contributed by atoms with Crippen molar-refractivity contribution in [1.82, 2.24) is 20.4 Å². The second kappa shape index (κ2) is 6.69. The van der Waals surface area contributed by atoms with E-state index in [0.29, 0.717) is 12.1 Å². The van der Waals surface area contributed by atoms with Crippen LogP contribution in [0.3, 0.4) is 0 Å². The number of carbonyl (C=O) groups excluding carboxylic acids is 1. The number of aryl methyl sites for hydroxylation is 1. The van der Waals surface area contributed by atoms with E-state index in [1.54, 1.807) is 28.9 Å². The number of hydrazone groups is 1. The minimum Gasteiger partial charge on any atom is -0.508 e. The van der Waals surface area contributed by atoms with Crippen molar-refractivity contribution in [2.24, 2.45) is 5.10 Å². The Hall–Kier alpha value is -3.22. The van der Waals surface area contributed by atoms with Crippen molar-refractivity contribution >= 4 is 23.2 Å². The van der Waals surface area contributed by atoms with Gasteiger partial charge in [0.05, 0.1) is 18.3 Å². The van der Waals surface area contributed by atoms with E-state index in [2.05, 4.69) is 20.8 Å². The minimum atomic E-state index is -0.221. The van der Waals surface area contributed by atoms with Crippen LogP contribution in [0.5, 0.6) is 5.75 Å². The number of phenols is 1. The zero-order chi connectivity index (χ0) is 16.1. The molecule has 0 aliphatic heterocycles.